The minimum Gasteiger partial charge on any atom is -0.507 e. The van der Waals surface area contributed by atoms with Crippen LogP contribution in [0.25, 0.3) is 22.4 Å². The van der Waals surface area contributed by atoms with Crippen molar-refractivity contribution < 1.29 is 13.9 Å². The summed E-state index contributed by atoms with van der Waals surface area (Å²) < 4.78 is 32.0. The lowest BCUT2D eigenvalue weighted by Crippen LogP contribution is -2.58. The number of hydrogen-bond acceptors (Lipinski definition) is 6. The molecule has 0 unspecified atom stereocenters. The van der Waals surface area contributed by atoms with Crippen molar-refractivity contribution in [3.05, 3.63) is 42.7 Å². The van der Waals surface area contributed by atoms with Crippen molar-refractivity contribution in [2.75, 3.05) is 4.90 Å². The number of alkyl halides is 1. The second-order valence-electron chi connectivity index (χ2n) is 10.2. The number of halogens is 2. The predicted octanol–water partition coefficient (Wildman–Crippen LogP) is 4.37. The third-order valence-electron chi connectivity index (χ3n) is 7.91. The van der Waals surface area contributed by atoms with Crippen molar-refractivity contribution in [1.29, 1.82) is 0 Å². The van der Waals surface area contributed by atoms with Crippen LogP contribution in [0.2, 0.25) is 0 Å². The summed E-state index contributed by atoms with van der Waals surface area (Å²) in [5.74, 6) is 0.0926. The van der Waals surface area contributed by atoms with Gasteiger partial charge in [-0.15, -0.1) is 0 Å². The Hall–Kier alpha value is -3.07. The van der Waals surface area contributed by atoms with E-state index in [1.807, 2.05) is 0 Å². The number of anilines is 1. The monoisotopic (exact) mass is 480 g/mol. The molecule has 2 aliphatic heterocycles. The maximum Gasteiger partial charge on any atom is 0.147 e. The van der Waals surface area contributed by atoms with Crippen molar-refractivity contribution in [3.63, 3.8) is 0 Å². The van der Waals surface area contributed by atoms with Gasteiger partial charge in [-0.3, -0.25) is 9.67 Å². The van der Waals surface area contributed by atoms with Crippen LogP contribution in [0.5, 0.6) is 5.75 Å². The highest BCUT2D eigenvalue weighted by atomic mass is 19.1. The summed E-state index contributed by atoms with van der Waals surface area (Å²) in [7, 11) is 1.75. The van der Waals surface area contributed by atoms with Gasteiger partial charge in [-0.05, 0) is 44.2 Å². The molecule has 2 bridgehead atoms. The summed E-state index contributed by atoms with van der Waals surface area (Å²) >= 11 is 0. The summed E-state index contributed by atoms with van der Waals surface area (Å²) in [6, 6.07) is 2.96. The number of nitrogens with zero attached hydrogens (tertiary/aromatic N) is 5. The molecule has 0 amide bonds. The number of rotatable bonds is 5. The average Bonchev–Trinajstić information content (AvgIpc) is 3.61. The van der Waals surface area contributed by atoms with Crippen molar-refractivity contribution in [2.45, 2.75) is 75.3 Å². The number of fused-ring (bicyclic) bond motifs is 2. The molecule has 4 heterocycles. The molecule has 2 saturated heterocycles. The average molecular weight is 481 g/mol. The lowest BCUT2D eigenvalue weighted by Gasteiger charge is -2.43. The van der Waals surface area contributed by atoms with Gasteiger partial charge < -0.3 is 15.3 Å². The van der Waals surface area contributed by atoms with Crippen LogP contribution in [0.15, 0.2) is 36.9 Å². The smallest absolute Gasteiger partial charge is 0.147 e. The quantitative estimate of drug-likeness (QED) is 0.565. The maximum atomic E-state index is 15.5. The second kappa shape index (κ2) is 8.86. The highest BCUT2D eigenvalue weighted by Gasteiger charge is 2.46. The molecule has 2 aromatic heterocycles. The van der Waals surface area contributed by atoms with Crippen molar-refractivity contribution in [2.24, 2.45) is 7.05 Å². The van der Waals surface area contributed by atoms with Gasteiger partial charge in [-0.25, -0.2) is 13.8 Å². The van der Waals surface area contributed by atoms with Crippen LogP contribution in [0.1, 0.15) is 44.9 Å². The van der Waals surface area contributed by atoms with E-state index in [0.717, 1.165) is 44.9 Å². The number of hydrogen-bond donors (Lipinski definition) is 2. The molecule has 0 radical (unpaired) electrons. The van der Waals surface area contributed by atoms with Crippen LogP contribution in [-0.4, -0.2) is 55.2 Å². The summed E-state index contributed by atoms with van der Waals surface area (Å²) in [6.07, 6.45) is 12.5. The van der Waals surface area contributed by atoms with E-state index in [2.05, 4.69) is 25.3 Å². The lowest BCUT2D eigenvalue weighted by molar-refractivity contribution is 0.166. The minimum atomic E-state index is -0.950. The van der Waals surface area contributed by atoms with Gasteiger partial charge in [0.1, 0.15) is 23.6 Å². The molecule has 0 spiro atoms. The molecule has 6 rings (SSSR count). The van der Waals surface area contributed by atoms with E-state index in [1.54, 1.807) is 36.5 Å². The molecule has 2 N–H and O–H groups in total. The Bertz CT molecular complexity index is 1210. The van der Waals surface area contributed by atoms with E-state index in [1.165, 1.54) is 12.1 Å². The maximum absolute atomic E-state index is 15.5. The summed E-state index contributed by atoms with van der Waals surface area (Å²) in [4.78, 5) is 11.4. The number of aromatic hydroxyl groups is 1. The topological polar surface area (TPSA) is 79.1 Å². The van der Waals surface area contributed by atoms with E-state index in [4.69, 9.17) is 0 Å². The van der Waals surface area contributed by atoms with E-state index >= 15 is 4.39 Å². The molecular formula is C26H30F2N6O. The molecule has 7 nitrogen and oxygen atoms in total. The zero-order valence-corrected chi connectivity index (χ0v) is 19.7. The normalized spacial score (nSPS) is 26.4. The van der Waals surface area contributed by atoms with E-state index in [-0.39, 0.29) is 35.0 Å². The number of benzene rings is 1. The zero-order valence-electron chi connectivity index (χ0n) is 19.7. The first kappa shape index (κ1) is 22.4. The van der Waals surface area contributed by atoms with Crippen molar-refractivity contribution in [3.8, 4) is 28.1 Å². The van der Waals surface area contributed by atoms with Crippen LogP contribution in [0, 0.1) is 5.82 Å². The molecule has 3 aliphatic rings. The van der Waals surface area contributed by atoms with Crippen LogP contribution in [0.3, 0.4) is 0 Å². The molecule has 1 aliphatic carbocycles. The molecule has 1 aromatic carbocycles. The van der Waals surface area contributed by atoms with Crippen LogP contribution in [0.4, 0.5) is 14.6 Å². The van der Waals surface area contributed by atoms with Gasteiger partial charge in [0.25, 0.3) is 0 Å². The number of aryl methyl sites for hydroxylation is 1. The van der Waals surface area contributed by atoms with Crippen molar-refractivity contribution in [1.82, 2.24) is 25.1 Å². The van der Waals surface area contributed by atoms with E-state index in [9.17, 15) is 9.50 Å². The lowest BCUT2D eigenvalue weighted by atomic mass is 9.94. The largest absolute Gasteiger partial charge is 0.507 e. The minimum absolute atomic E-state index is 0.0845. The number of aromatic nitrogens is 4. The van der Waals surface area contributed by atoms with Crippen molar-refractivity contribution >= 4 is 5.82 Å². The molecule has 3 aromatic rings. The van der Waals surface area contributed by atoms with E-state index < -0.39 is 12.0 Å². The molecule has 35 heavy (non-hydrogen) atoms. The summed E-state index contributed by atoms with van der Waals surface area (Å²) in [5, 5.41) is 18.2. The Kier molecular flexibility index (Phi) is 5.67. The van der Waals surface area contributed by atoms with Gasteiger partial charge >= 0.3 is 0 Å². The fraction of sp³-hybridized carbons (Fsp3) is 0.500. The molecule has 9 heteroatoms. The molecule has 184 valence electrons. The Morgan fingerprint density at radius 1 is 1.06 bits per heavy atom. The Morgan fingerprint density at radius 2 is 1.89 bits per heavy atom. The number of phenols is 1. The highest BCUT2D eigenvalue weighted by Crippen LogP contribution is 2.39. The van der Waals surface area contributed by atoms with Gasteiger partial charge in [0.2, 0.25) is 0 Å². The second-order valence-corrected chi connectivity index (χ2v) is 10.2. The van der Waals surface area contributed by atoms with Gasteiger partial charge in [0.15, 0.2) is 0 Å². The zero-order chi connectivity index (χ0) is 24.1. The molecule has 3 fully saturated rings. The first-order valence-corrected chi connectivity index (χ1v) is 12.5. The van der Waals surface area contributed by atoms with Gasteiger partial charge in [-0.2, -0.15) is 5.10 Å². The molecule has 4 atom stereocenters. The summed E-state index contributed by atoms with van der Waals surface area (Å²) in [5.41, 5.74) is 1.49. The standard InChI is InChI=1S/C26H30F2N6O/c1-33-14-15(11-31-33)18-10-24(35)19(9-20(18)27)22-12-30-25(13-29-22)34(17-4-2-3-5-17)23-8-16-6-7-21(32-16)26(23)28/h9-14,16-17,21,23,26,32,35H,2-8H2,1H3/t16-,21+,23-,26+/m1/s1. The van der Waals surface area contributed by atoms with E-state index in [0.29, 0.717) is 23.1 Å². The first-order chi connectivity index (χ1) is 17.0. The van der Waals surface area contributed by atoms with Gasteiger partial charge in [0.05, 0.1) is 30.3 Å². The first-order valence-electron chi connectivity index (χ1n) is 12.5. The Balaban J connectivity index is 1.31. The summed E-state index contributed by atoms with van der Waals surface area (Å²) in [6.45, 7) is 0. The fourth-order valence-corrected chi connectivity index (χ4v) is 6.20. The van der Waals surface area contributed by atoms with Crippen LogP contribution < -0.4 is 10.2 Å². The third kappa shape index (κ3) is 4.05. The predicted molar refractivity (Wildman–Crippen MR) is 129 cm³/mol. The fourth-order valence-electron chi connectivity index (χ4n) is 6.20. The highest BCUT2D eigenvalue weighted by molar-refractivity contribution is 5.74. The van der Waals surface area contributed by atoms with Crippen LogP contribution >= 0.6 is 0 Å². The SMILES string of the molecule is Cn1cc(-c2cc(O)c(-c3cnc(N(C4CCCC4)[C@@H]4C[C@H]5CC[C@H](N5)[C@@H]4F)cn3)cc2F)cn1. The number of piperidine rings is 1. The number of phenolic OH excluding ortho intramolecular Hbond substituents is 1. The molecule has 1 saturated carbocycles. The Morgan fingerprint density at radius 3 is 2.60 bits per heavy atom. The molecular weight excluding hydrogens is 450 g/mol. The van der Waals surface area contributed by atoms with Crippen LogP contribution in [-0.2, 0) is 7.05 Å². The Labute approximate surface area is 203 Å². The number of nitrogens with one attached hydrogen (secondary N) is 1. The van der Waals surface area contributed by atoms with Gasteiger partial charge in [0, 0.05) is 48.1 Å². The third-order valence-corrected chi connectivity index (χ3v) is 7.91. The van der Waals surface area contributed by atoms with Gasteiger partial charge in [-0.1, -0.05) is 12.8 Å².